The van der Waals surface area contributed by atoms with Crippen LogP contribution in [0.2, 0.25) is 0 Å². The fourth-order valence-electron chi connectivity index (χ4n) is 2.13. The van der Waals surface area contributed by atoms with E-state index in [1.807, 2.05) is 19.3 Å². The van der Waals surface area contributed by atoms with Gasteiger partial charge >= 0.3 is 0 Å². The van der Waals surface area contributed by atoms with Crippen molar-refractivity contribution in [3.63, 3.8) is 0 Å². The highest BCUT2D eigenvalue weighted by atomic mass is 32.2. The maximum Gasteiger partial charge on any atom is 0.187 e. The average Bonchev–Trinajstić information content (AvgIpc) is 3.28. The zero-order valence-electron chi connectivity index (χ0n) is 12.2. The van der Waals surface area contributed by atoms with Crippen LogP contribution in [0.15, 0.2) is 17.6 Å². The van der Waals surface area contributed by atoms with Crippen LogP contribution in [0.3, 0.4) is 0 Å². The minimum atomic E-state index is -0.337. The number of thioether (sulfide) groups is 1. The highest BCUT2D eigenvalue weighted by Crippen LogP contribution is 2.27. The Kier molecular flexibility index (Phi) is 5.38. The molecular weight excluding hydrogens is 268 g/mol. The summed E-state index contributed by atoms with van der Waals surface area (Å²) in [6.45, 7) is 4.08. The molecule has 1 heterocycles. The molecule has 0 aromatic carbocycles. The van der Waals surface area contributed by atoms with Crippen molar-refractivity contribution < 1.29 is 0 Å². The number of nitrogens with one attached hydrogen (secondary N) is 1. The molecule has 0 amide bonds. The third-order valence-corrected chi connectivity index (χ3v) is 4.57. The second kappa shape index (κ2) is 7.05. The minimum Gasteiger partial charge on any atom is -0.297 e. The normalized spacial score (nSPS) is 17.4. The summed E-state index contributed by atoms with van der Waals surface area (Å²) in [7, 11) is 0. The third-order valence-electron chi connectivity index (χ3n) is 3.61. The maximum atomic E-state index is 9.46. The Bertz CT molecular complexity index is 464. The lowest BCUT2D eigenvalue weighted by Gasteiger charge is -2.26. The van der Waals surface area contributed by atoms with Crippen molar-refractivity contribution >= 4 is 11.8 Å². The van der Waals surface area contributed by atoms with Crippen molar-refractivity contribution in [3.05, 3.63) is 18.0 Å². The summed E-state index contributed by atoms with van der Waals surface area (Å²) in [6, 6.07) is 3.06. The molecule has 4 nitrogen and oxygen atoms in total. The van der Waals surface area contributed by atoms with Gasteiger partial charge in [-0.05, 0) is 44.6 Å². The van der Waals surface area contributed by atoms with E-state index in [1.54, 1.807) is 11.8 Å². The molecule has 2 rings (SSSR count). The van der Waals surface area contributed by atoms with E-state index in [0.29, 0.717) is 6.04 Å². The predicted molar refractivity (Wildman–Crippen MR) is 81.5 cm³/mol. The number of rotatable bonds is 8. The molecule has 1 fully saturated rings. The van der Waals surface area contributed by atoms with Gasteiger partial charge in [0.05, 0.1) is 6.07 Å². The van der Waals surface area contributed by atoms with Crippen LogP contribution in [-0.2, 0) is 0 Å². The zero-order valence-corrected chi connectivity index (χ0v) is 13.0. The molecule has 0 saturated heterocycles. The molecule has 20 heavy (non-hydrogen) atoms. The summed E-state index contributed by atoms with van der Waals surface area (Å²) in [5.41, 5.74) is 0.744. The van der Waals surface area contributed by atoms with E-state index in [4.69, 9.17) is 0 Å². The van der Waals surface area contributed by atoms with Crippen LogP contribution in [0.25, 0.3) is 0 Å². The number of hydrogen-bond donors (Lipinski definition) is 1. The molecule has 0 aliphatic heterocycles. The first-order valence-electron chi connectivity index (χ1n) is 7.28. The lowest BCUT2D eigenvalue weighted by molar-refractivity contribution is 0.367. The monoisotopic (exact) mass is 290 g/mol. The Morgan fingerprint density at radius 3 is 2.70 bits per heavy atom. The van der Waals surface area contributed by atoms with E-state index in [1.165, 1.54) is 12.8 Å². The number of hydrogen-bond acceptors (Lipinski definition) is 5. The Morgan fingerprint density at radius 1 is 1.45 bits per heavy atom. The second-order valence-electron chi connectivity index (χ2n) is 5.46. The van der Waals surface area contributed by atoms with Crippen molar-refractivity contribution in [1.82, 2.24) is 15.3 Å². The number of nitriles is 1. The van der Waals surface area contributed by atoms with Gasteiger partial charge in [0.1, 0.15) is 5.54 Å². The highest BCUT2D eigenvalue weighted by Gasteiger charge is 2.34. The van der Waals surface area contributed by atoms with E-state index in [9.17, 15) is 5.26 Å². The van der Waals surface area contributed by atoms with Crippen LogP contribution in [-0.4, -0.2) is 27.3 Å². The van der Waals surface area contributed by atoms with Crippen molar-refractivity contribution in [1.29, 1.82) is 5.26 Å². The molecule has 0 radical (unpaired) electrons. The van der Waals surface area contributed by atoms with Gasteiger partial charge in [-0.25, -0.2) is 9.97 Å². The predicted octanol–water partition coefficient (Wildman–Crippen LogP) is 3.08. The van der Waals surface area contributed by atoms with Gasteiger partial charge in [0.25, 0.3) is 0 Å². The molecule has 1 atom stereocenters. The Balaban J connectivity index is 1.75. The summed E-state index contributed by atoms with van der Waals surface area (Å²) in [5, 5.41) is 13.8. The fourth-order valence-corrected chi connectivity index (χ4v) is 2.86. The van der Waals surface area contributed by atoms with Gasteiger partial charge in [-0.15, -0.1) is 0 Å². The Labute approximate surface area is 125 Å². The number of nitrogens with zero attached hydrogens (tertiary/aromatic N) is 3. The highest BCUT2D eigenvalue weighted by molar-refractivity contribution is 7.99. The quantitative estimate of drug-likeness (QED) is 0.453. The molecule has 0 spiro atoms. The molecule has 0 bridgehead atoms. The van der Waals surface area contributed by atoms with Gasteiger partial charge in [-0.2, -0.15) is 5.26 Å². The Hall–Kier alpha value is -1.12. The lowest BCUT2D eigenvalue weighted by atomic mass is 9.92. The van der Waals surface area contributed by atoms with Crippen LogP contribution in [0.4, 0.5) is 0 Å². The van der Waals surface area contributed by atoms with E-state index < -0.39 is 0 Å². The van der Waals surface area contributed by atoms with Crippen molar-refractivity contribution in [3.8, 4) is 6.07 Å². The second-order valence-corrected chi connectivity index (χ2v) is 6.52. The molecular formula is C15H22N4S. The van der Waals surface area contributed by atoms with Crippen molar-refractivity contribution in [2.24, 2.45) is 0 Å². The molecule has 1 unspecified atom stereocenters. The molecule has 1 N–H and O–H groups in total. The van der Waals surface area contributed by atoms with Gasteiger partial charge in [-0.3, -0.25) is 5.32 Å². The SMILES string of the molecule is CCC(C#N)(CCCSc1ncc(C)cn1)NC1CC1. The number of aromatic nitrogens is 2. The molecule has 1 aromatic rings. The van der Waals surface area contributed by atoms with E-state index >= 15 is 0 Å². The summed E-state index contributed by atoms with van der Waals surface area (Å²) < 4.78 is 0. The summed E-state index contributed by atoms with van der Waals surface area (Å²) in [6.07, 6.45) is 8.89. The topological polar surface area (TPSA) is 61.6 Å². The van der Waals surface area contributed by atoms with Gasteiger partial charge in [-0.1, -0.05) is 18.7 Å². The molecule has 5 heteroatoms. The fraction of sp³-hybridized carbons (Fsp3) is 0.667. The van der Waals surface area contributed by atoms with E-state index in [-0.39, 0.29) is 5.54 Å². The summed E-state index contributed by atoms with van der Waals surface area (Å²) >= 11 is 1.67. The molecule has 1 aliphatic rings. The molecule has 1 saturated carbocycles. The van der Waals surface area contributed by atoms with Crippen molar-refractivity contribution in [2.45, 2.75) is 62.7 Å². The molecule has 1 aliphatic carbocycles. The first kappa shape index (κ1) is 15.3. The lowest BCUT2D eigenvalue weighted by Crippen LogP contribution is -2.44. The first-order valence-corrected chi connectivity index (χ1v) is 8.26. The van der Waals surface area contributed by atoms with Crippen LogP contribution in [0.1, 0.15) is 44.6 Å². The number of aryl methyl sites for hydroxylation is 1. The first-order chi connectivity index (χ1) is 9.67. The van der Waals surface area contributed by atoms with Gasteiger partial charge in [0.2, 0.25) is 0 Å². The average molecular weight is 290 g/mol. The van der Waals surface area contributed by atoms with Crippen LogP contribution >= 0.6 is 11.8 Å². The molecule has 1 aromatic heterocycles. The van der Waals surface area contributed by atoms with Crippen molar-refractivity contribution in [2.75, 3.05) is 5.75 Å². The summed E-state index contributed by atoms with van der Waals surface area (Å²) in [5.74, 6) is 0.957. The van der Waals surface area contributed by atoms with Crippen LogP contribution < -0.4 is 5.32 Å². The van der Waals surface area contributed by atoms with Gasteiger partial charge in [0.15, 0.2) is 5.16 Å². The van der Waals surface area contributed by atoms with Gasteiger partial charge in [0, 0.05) is 24.2 Å². The summed E-state index contributed by atoms with van der Waals surface area (Å²) in [4.78, 5) is 8.56. The third kappa shape index (κ3) is 4.46. The minimum absolute atomic E-state index is 0.337. The van der Waals surface area contributed by atoms with E-state index in [2.05, 4.69) is 28.3 Å². The van der Waals surface area contributed by atoms with Gasteiger partial charge < -0.3 is 0 Å². The molecule has 108 valence electrons. The maximum absolute atomic E-state index is 9.46. The van der Waals surface area contributed by atoms with Crippen LogP contribution in [0, 0.1) is 18.3 Å². The van der Waals surface area contributed by atoms with Crippen LogP contribution in [0.5, 0.6) is 0 Å². The zero-order chi connectivity index (χ0) is 14.4. The van der Waals surface area contributed by atoms with E-state index in [0.717, 1.165) is 35.7 Å². The standard InChI is InChI=1S/C15H22N4S/c1-3-15(11-16,19-13-5-6-13)7-4-8-20-14-17-9-12(2)10-18-14/h9-10,13,19H,3-8H2,1-2H3. The largest absolute Gasteiger partial charge is 0.297 e. The smallest absolute Gasteiger partial charge is 0.187 e. The Morgan fingerprint density at radius 2 is 2.15 bits per heavy atom.